The van der Waals surface area contributed by atoms with Crippen LogP contribution in [0.25, 0.3) is 11.3 Å². The number of hydrogen-bond donors (Lipinski definition) is 2. The third-order valence-corrected chi connectivity index (χ3v) is 3.62. The molecule has 0 radical (unpaired) electrons. The summed E-state index contributed by atoms with van der Waals surface area (Å²) in [5, 5.41) is 10.5. The number of nitrogens with zero attached hydrogens (tertiary/aromatic N) is 3. The lowest BCUT2D eigenvalue weighted by molar-refractivity contribution is 0.0996. The SMILES string of the molecule is COc1cc(-c2n[nH]nc2C(N)=O)ccc1OCc1ccc(Cl)nc1. The number of aromatic amines is 1. The third kappa shape index (κ3) is 3.69. The summed E-state index contributed by atoms with van der Waals surface area (Å²) in [6.07, 6.45) is 1.64. The van der Waals surface area contributed by atoms with Crippen molar-refractivity contribution in [3.05, 3.63) is 52.9 Å². The molecular weight excluding hydrogens is 346 g/mol. The lowest BCUT2D eigenvalue weighted by atomic mass is 10.1. The lowest BCUT2D eigenvalue weighted by Crippen LogP contribution is -2.12. The summed E-state index contributed by atoms with van der Waals surface area (Å²) in [7, 11) is 1.52. The molecule has 3 aromatic rings. The average molecular weight is 360 g/mol. The number of carbonyl (C=O) groups is 1. The fourth-order valence-corrected chi connectivity index (χ4v) is 2.30. The fraction of sp³-hybridized carbons (Fsp3) is 0.125. The molecule has 0 fully saturated rings. The van der Waals surface area contributed by atoms with E-state index in [0.717, 1.165) is 5.56 Å². The number of rotatable bonds is 6. The van der Waals surface area contributed by atoms with Crippen LogP contribution in [0.4, 0.5) is 0 Å². The molecule has 3 rings (SSSR count). The summed E-state index contributed by atoms with van der Waals surface area (Å²) in [6.45, 7) is 0.302. The first-order valence-corrected chi connectivity index (χ1v) is 7.58. The van der Waals surface area contributed by atoms with Gasteiger partial charge in [0.15, 0.2) is 17.2 Å². The molecule has 0 aliphatic heterocycles. The highest BCUT2D eigenvalue weighted by molar-refractivity contribution is 6.29. The van der Waals surface area contributed by atoms with Gasteiger partial charge < -0.3 is 15.2 Å². The van der Waals surface area contributed by atoms with Gasteiger partial charge in [-0.3, -0.25) is 4.79 Å². The molecule has 8 nitrogen and oxygen atoms in total. The molecule has 9 heteroatoms. The summed E-state index contributed by atoms with van der Waals surface area (Å²) in [5.74, 6) is 0.349. The maximum atomic E-state index is 11.4. The molecule has 2 aromatic heterocycles. The van der Waals surface area contributed by atoms with Crippen molar-refractivity contribution < 1.29 is 14.3 Å². The van der Waals surface area contributed by atoms with Gasteiger partial charge in [-0.25, -0.2) is 4.98 Å². The van der Waals surface area contributed by atoms with Gasteiger partial charge in [-0.15, -0.1) is 0 Å². The molecule has 25 heavy (non-hydrogen) atoms. The van der Waals surface area contributed by atoms with Crippen molar-refractivity contribution in [1.29, 1.82) is 0 Å². The van der Waals surface area contributed by atoms with Gasteiger partial charge in [0.05, 0.1) is 7.11 Å². The van der Waals surface area contributed by atoms with E-state index in [1.54, 1.807) is 30.5 Å². The van der Waals surface area contributed by atoms with Crippen LogP contribution in [0.2, 0.25) is 5.15 Å². The van der Waals surface area contributed by atoms with Crippen molar-refractivity contribution in [2.75, 3.05) is 7.11 Å². The van der Waals surface area contributed by atoms with Crippen molar-refractivity contribution in [1.82, 2.24) is 20.4 Å². The van der Waals surface area contributed by atoms with Gasteiger partial charge in [-0.1, -0.05) is 17.7 Å². The Kier molecular flexibility index (Phi) is 4.80. The number of methoxy groups -OCH3 is 1. The first-order chi connectivity index (χ1) is 12.1. The number of halogens is 1. The minimum Gasteiger partial charge on any atom is -0.493 e. The Labute approximate surface area is 147 Å². The monoisotopic (exact) mass is 359 g/mol. The zero-order valence-electron chi connectivity index (χ0n) is 13.2. The second-order valence-corrected chi connectivity index (χ2v) is 5.42. The Hall–Kier alpha value is -3.13. The number of carbonyl (C=O) groups excluding carboxylic acids is 1. The summed E-state index contributed by atoms with van der Waals surface area (Å²) in [5.41, 5.74) is 7.18. The lowest BCUT2D eigenvalue weighted by Gasteiger charge is -2.12. The minimum absolute atomic E-state index is 0.0583. The van der Waals surface area contributed by atoms with Gasteiger partial charge in [0.1, 0.15) is 17.5 Å². The van der Waals surface area contributed by atoms with Gasteiger partial charge in [-0.05, 0) is 24.3 Å². The van der Waals surface area contributed by atoms with E-state index in [1.165, 1.54) is 7.11 Å². The van der Waals surface area contributed by atoms with Gasteiger partial charge in [0.25, 0.3) is 5.91 Å². The van der Waals surface area contributed by atoms with E-state index in [1.807, 2.05) is 6.07 Å². The van der Waals surface area contributed by atoms with E-state index in [2.05, 4.69) is 20.4 Å². The average Bonchev–Trinajstić information content (AvgIpc) is 3.11. The topological polar surface area (TPSA) is 116 Å². The predicted octanol–water partition coefficient (Wildman–Crippen LogP) is 2.21. The molecule has 0 saturated heterocycles. The fourth-order valence-electron chi connectivity index (χ4n) is 2.19. The number of amides is 1. The molecule has 3 N–H and O–H groups in total. The Balaban J connectivity index is 1.83. The summed E-state index contributed by atoms with van der Waals surface area (Å²) < 4.78 is 11.1. The first kappa shape index (κ1) is 16.7. The molecule has 0 atom stereocenters. The smallest absolute Gasteiger partial charge is 0.271 e. The van der Waals surface area contributed by atoms with Crippen molar-refractivity contribution in [2.24, 2.45) is 5.73 Å². The minimum atomic E-state index is -0.668. The van der Waals surface area contributed by atoms with Crippen LogP contribution in [0.5, 0.6) is 11.5 Å². The maximum absolute atomic E-state index is 11.4. The Morgan fingerprint density at radius 2 is 2.08 bits per heavy atom. The number of nitrogens with one attached hydrogen (secondary N) is 1. The second kappa shape index (κ2) is 7.18. The van der Waals surface area contributed by atoms with E-state index in [0.29, 0.717) is 34.5 Å². The quantitative estimate of drug-likeness (QED) is 0.652. The number of hydrogen-bond acceptors (Lipinski definition) is 6. The van der Waals surface area contributed by atoms with Gasteiger partial charge in [-0.2, -0.15) is 15.4 Å². The van der Waals surface area contributed by atoms with Crippen molar-refractivity contribution in [3.63, 3.8) is 0 Å². The molecule has 1 amide bonds. The molecule has 0 spiro atoms. The van der Waals surface area contributed by atoms with E-state index in [4.69, 9.17) is 26.8 Å². The Bertz CT molecular complexity index is 895. The largest absolute Gasteiger partial charge is 0.493 e. The zero-order valence-corrected chi connectivity index (χ0v) is 13.9. The molecule has 1 aromatic carbocycles. The molecule has 2 heterocycles. The van der Waals surface area contributed by atoms with Crippen LogP contribution in [0, 0.1) is 0 Å². The highest BCUT2D eigenvalue weighted by Gasteiger charge is 2.17. The highest BCUT2D eigenvalue weighted by Crippen LogP contribution is 2.33. The van der Waals surface area contributed by atoms with Gasteiger partial charge in [0.2, 0.25) is 0 Å². The van der Waals surface area contributed by atoms with Crippen LogP contribution in [-0.2, 0) is 6.61 Å². The second-order valence-electron chi connectivity index (χ2n) is 5.03. The number of aromatic nitrogens is 4. The zero-order chi connectivity index (χ0) is 17.8. The summed E-state index contributed by atoms with van der Waals surface area (Å²) >= 11 is 5.76. The molecule has 0 aliphatic carbocycles. The van der Waals surface area contributed by atoms with E-state index >= 15 is 0 Å². The third-order valence-electron chi connectivity index (χ3n) is 3.40. The molecule has 0 bridgehead atoms. The number of pyridine rings is 1. The molecule has 0 unspecified atom stereocenters. The highest BCUT2D eigenvalue weighted by atomic mass is 35.5. The van der Waals surface area contributed by atoms with Crippen LogP contribution in [0.1, 0.15) is 16.1 Å². The Morgan fingerprint density at radius 3 is 2.76 bits per heavy atom. The molecule has 128 valence electrons. The predicted molar refractivity (Wildman–Crippen MR) is 90.5 cm³/mol. The number of nitrogens with two attached hydrogens (primary N) is 1. The summed E-state index contributed by atoms with van der Waals surface area (Å²) in [6, 6.07) is 8.67. The maximum Gasteiger partial charge on any atom is 0.271 e. The van der Waals surface area contributed by atoms with E-state index in [-0.39, 0.29) is 5.69 Å². The number of primary amides is 1. The van der Waals surface area contributed by atoms with Crippen molar-refractivity contribution in [3.8, 4) is 22.8 Å². The van der Waals surface area contributed by atoms with Gasteiger partial charge in [0, 0.05) is 17.3 Å². The van der Waals surface area contributed by atoms with Gasteiger partial charge >= 0.3 is 0 Å². The van der Waals surface area contributed by atoms with Crippen LogP contribution >= 0.6 is 11.6 Å². The summed E-state index contributed by atoms with van der Waals surface area (Å²) in [4.78, 5) is 15.4. The van der Waals surface area contributed by atoms with Crippen molar-refractivity contribution >= 4 is 17.5 Å². The molecule has 0 aliphatic rings. The normalized spacial score (nSPS) is 10.5. The van der Waals surface area contributed by atoms with E-state index < -0.39 is 5.91 Å². The van der Waals surface area contributed by atoms with Crippen molar-refractivity contribution in [2.45, 2.75) is 6.61 Å². The first-order valence-electron chi connectivity index (χ1n) is 7.20. The van der Waals surface area contributed by atoms with E-state index in [9.17, 15) is 4.79 Å². The van der Waals surface area contributed by atoms with Crippen LogP contribution in [-0.4, -0.2) is 33.4 Å². The number of benzene rings is 1. The van der Waals surface area contributed by atoms with Crippen LogP contribution in [0.3, 0.4) is 0 Å². The number of H-pyrrole nitrogens is 1. The molecular formula is C16H14ClN5O3. The van der Waals surface area contributed by atoms with Crippen LogP contribution < -0.4 is 15.2 Å². The van der Waals surface area contributed by atoms with Crippen LogP contribution in [0.15, 0.2) is 36.5 Å². The number of ether oxygens (including phenoxy) is 2. The standard InChI is InChI=1S/C16H14ClN5O3/c1-24-12-6-10(14-15(16(18)23)21-22-20-14)3-4-11(12)25-8-9-2-5-13(17)19-7-9/h2-7H,8H2,1H3,(H2,18,23)(H,20,21,22). The molecule has 0 saturated carbocycles. The Morgan fingerprint density at radius 1 is 1.24 bits per heavy atom.